The molecule has 7 heteroatoms. The Labute approximate surface area is 156 Å². The Bertz CT molecular complexity index is 886. The molecule has 1 aliphatic rings. The Kier molecular flexibility index (Phi) is 5.42. The van der Waals surface area contributed by atoms with Gasteiger partial charge in [0.15, 0.2) is 12.4 Å². The van der Waals surface area contributed by atoms with E-state index < -0.39 is 0 Å². The van der Waals surface area contributed by atoms with Crippen molar-refractivity contribution in [3.63, 3.8) is 0 Å². The summed E-state index contributed by atoms with van der Waals surface area (Å²) >= 11 is 6.38. The molecule has 0 spiro atoms. The van der Waals surface area contributed by atoms with Gasteiger partial charge >= 0.3 is 0 Å². The number of nitrogens with one attached hydrogen (secondary N) is 1. The first-order valence-electron chi connectivity index (χ1n) is 8.51. The van der Waals surface area contributed by atoms with Crippen LogP contribution >= 0.6 is 11.6 Å². The SMILES string of the molecule is CCCCn1nc(C)c(/C=C/C(=O)c2ccc3c(c2)NC(=O)CO3)c1Cl. The molecule has 1 aromatic heterocycles. The predicted octanol–water partition coefficient (Wildman–Crippen LogP) is 3.87. The molecule has 0 saturated carbocycles. The molecule has 0 bridgehead atoms. The lowest BCUT2D eigenvalue weighted by Gasteiger charge is -2.17. The molecule has 6 nitrogen and oxygen atoms in total. The number of anilines is 1. The molecular weight excluding hydrogens is 354 g/mol. The van der Waals surface area contributed by atoms with Crippen molar-refractivity contribution in [1.82, 2.24) is 9.78 Å². The van der Waals surface area contributed by atoms with Crippen LogP contribution in [0.3, 0.4) is 0 Å². The minimum Gasteiger partial charge on any atom is -0.482 e. The number of aryl methyl sites for hydroxylation is 2. The summed E-state index contributed by atoms with van der Waals surface area (Å²) in [5.74, 6) is 0.130. The quantitative estimate of drug-likeness (QED) is 0.616. The number of ether oxygens (including phenoxy) is 1. The third-order valence-corrected chi connectivity index (χ3v) is 4.53. The lowest BCUT2D eigenvalue weighted by molar-refractivity contribution is -0.118. The summed E-state index contributed by atoms with van der Waals surface area (Å²) in [6, 6.07) is 4.96. The van der Waals surface area contributed by atoms with E-state index in [1.807, 2.05) is 6.92 Å². The van der Waals surface area contributed by atoms with Crippen molar-refractivity contribution < 1.29 is 14.3 Å². The monoisotopic (exact) mass is 373 g/mol. The van der Waals surface area contributed by atoms with Gasteiger partial charge in [0.2, 0.25) is 0 Å². The van der Waals surface area contributed by atoms with Gasteiger partial charge in [-0.3, -0.25) is 14.3 Å². The summed E-state index contributed by atoms with van der Waals surface area (Å²) in [5.41, 5.74) is 2.48. The van der Waals surface area contributed by atoms with E-state index in [4.69, 9.17) is 16.3 Å². The number of fused-ring (bicyclic) bond motifs is 1. The number of ketones is 1. The first-order chi connectivity index (χ1) is 12.5. The number of aromatic nitrogens is 2. The predicted molar refractivity (Wildman–Crippen MR) is 101 cm³/mol. The van der Waals surface area contributed by atoms with E-state index in [1.54, 1.807) is 29.0 Å². The number of nitrogens with zero attached hydrogens (tertiary/aromatic N) is 2. The van der Waals surface area contributed by atoms with Crippen molar-refractivity contribution in [3.8, 4) is 5.75 Å². The number of halogens is 1. The third kappa shape index (κ3) is 3.80. The Morgan fingerprint density at radius 1 is 1.46 bits per heavy atom. The summed E-state index contributed by atoms with van der Waals surface area (Å²) < 4.78 is 7.06. The number of unbranched alkanes of at least 4 members (excludes halogenated alkanes) is 1. The summed E-state index contributed by atoms with van der Waals surface area (Å²) in [6.45, 7) is 4.71. The molecule has 0 aliphatic carbocycles. The van der Waals surface area contributed by atoms with Crippen molar-refractivity contribution in [1.29, 1.82) is 0 Å². The smallest absolute Gasteiger partial charge is 0.262 e. The lowest BCUT2D eigenvalue weighted by Crippen LogP contribution is -2.25. The minimum absolute atomic E-state index is 0.0139. The van der Waals surface area contributed by atoms with Crippen LogP contribution in [0.15, 0.2) is 24.3 Å². The zero-order valence-electron chi connectivity index (χ0n) is 14.7. The maximum atomic E-state index is 12.5. The highest BCUT2D eigenvalue weighted by Gasteiger charge is 2.17. The van der Waals surface area contributed by atoms with E-state index >= 15 is 0 Å². The second kappa shape index (κ2) is 7.74. The zero-order valence-corrected chi connectivity index (χ0v) is 15.5. The fraction of sp³-hybridized carbons (Fsp3) is 0.316. The summed E-state index contributed by atoms with van der Waals surface area (Å²) in [4.78, 5) is 23.9. The number of hydrogen-bond donors (Lipinski definition) is 1. The fourth-order valence-electron chi connectivity index (χ4n) is 2.70. The van der Waals surface area contributed by atoms with Gasteiger partial charge in [-0.2, -0.15) is 5.10 Å². The highest BCUT2D eigenvalue weighted by Crippen LogP contribution is 2.29. The number of amides is 1. The highest BCUT2D eigenvalue weighted by molar-refractivity contribution is 6.31. The van der Waals surface area contributed by atoms with Crippen LogP contribution in [0.5, 0.6) is 5.75 Å². The van der Waals surface area contributed by atoms with Crippen LogP contribution in [0.2, 0.25) is 5.15 Å². The van der Waals surface area contributed by atoms with Gasteiger partial charge in [-0.25, -0.2) is 0 Å². The van der Waals surface area contributed by atoms with E-state index in [-0.39, 0.29) is 18.3 Å². The largest absolute Gasteiger partial charge is 0.482 e. The average Bonchev–Trinajstić information content (AvgIpc) is 2.90. The minimum atomic E-state index is -0.237. The van der Waals surface area contributed by atoms with Gasteiger partial charge in [-0.15, -0.1) is 0 Å². The van der Waals surface area contributed by atoms with Crippen LogP contribution < -0.4 is 10.1 Å². The summed E-state index contributed by atoms with van der Waals surface area (Å²) in [5, 5.41) is 7.65. The molecule has 1 amide bonds. The van der Waals surface area contributed by atoms with E-state index in [1.165, 1.54) is 6.08 Å². The van der Waals surface area contributed by atoms with Crippen molar-refractivity contribution in [2.45, 2.75) is 33.2 Å². The standard InChI is InChI=1S/C19H20ClN3O3/c1-3-4-9-23-19(20)14(12(2)22-23)6-7-16(24)13-5-8-17-15(10-13)21-18(25)11-26-17/h5-8,10H,3-4,9,11H2,1-2H3,(H,21,25)/b7-6+. The van der Waals surface area contributed by atoms with Gasteiger partial charge < -0.3 is 10.1 Å². The Hall–Kier alpha value is -2.60. The molecule has 26 heavy (non-hydrogen) atoms. The first-order valence-corrected chi connectivity index (χ1v) is 8.89. The van der Waals surface area contributed by atoms with Crippen molar-refractivity contribution in [3.05, 3.63) is 46.2 Å². The van der Waals surface area contributed by atoms with Crippen molar-refractivity contribution in [2.24, 2.45) is 0 Å². The van der Waals surface area contributed by atoms with Gasteiger partial charge in [-0.05, 0) is 43.7 Å². The summed E-state index contributed by atoms with van der Waals surface area (Å²) in [7, 11) is 0. The zero-order chi connectivity index (χ0) is 18.7. The van der Waals surface area contributed by atoms with E-state index in [0.717, 1.165) is 30.6 Å². The number of hydrogen-bond acceptors (Lipinski definition) is 4. The lowest BCUT2D eigenvalue weighted by atomic mass is 10.1. The van der Waals surface area contributed by atoms with Gasteiger partial charge in [0.25, 0.3) is 5.91 Å². The fourth-order valence-corrected chi connectivity index (χ4v) is 3.03. The van der Waals surface area contributed by atoms with Crippen LogP contribution in [0.25, 0.3) is 6.08 Å². The van der Waals surface area contributed by atoms with Crippen LogP contribution in [-0.4, -0.2) is 28.1 Å². The van der Waals surface area contributed by atoms with Crippen LogP contribution in [0.4, 0.5) is 5.69 Å². The number of allylic oxidation sites excluding steroid dienone is 1. The number of benzene rings is 1. The molecule has 0 atom stereocenters. The maximum absolute atomic E-state index is 12.5. The second-order valence-corrected chi connectivity index (χ2v) is 6.47. The molecule has 1 N–H and O–H groups in total. The summed E-state index contributed by atoms with van der Waals surface area (Å²) in [6.07, 6.45) is 5.20. The molecule has 2 heterocycles. The van der Waals surface area contributed by atoms with Crippen LogP contribution in [0, 0.1) is 6.92 Å². The maximum Gasteiger partial charge on any atom is 0.262 e. The average molecular weight is 374 g/mol. The number of rotatable bonds is 6. The number of carbonyl (C=O) groups is 2. The molecule has 136 valence electrons. The number of carbonyl (C=O) groups excluding carboxylic acids is 2. The van der Waals surface area contributed by atoms with Crippen LogP contribution in [-0.2, 0) is 11.3 Å². The second-order valence-electron chi connectivity index (χ2n) is 6.11. The molecule has 0 radical (unpaired) electrons. The molecule has 1 aliphatic heterocycles. The highest BCUT2D eigenvalue weighted by atomic mass is 35.5. The van der Waals surface area contributed by atoms with Gasteiger partial charge in [-0.1, -0.05) is 24.9 Å². The molecule has 0 fully saturated rings. The molecule has 0 unspecified atom stereocenters. The Morgan fingerprint density at radius 3 is 3.04 bits per heavy atom. The van der Waals surface area contributed by atoms with Gasteiger partial charge in [0.05, 0.1) is 11.4 Å². The third-order valence-electron chi connectivity index (χ3n) is 4.13. The van der Waals surface area contributed by atoms with E-state index in [9.17, 15) is 9.59 Å². The van der Waals surface area contributed by atoms with E-state index in [2.05, 4.69) is 17.3 Å². The molecule has 2 aromatic rings. The van der Waals surface area contributed by atoms with Crippen molar-refractivity contribution in [2.75, 3.05) is 11.9 Å². The first kappa shape index (κ1) is 18.2. The van der Waals surface area contributed by atoms with E-state index in [0.29, 0.717) is 22.2 Å². The van der Waals surface area contributed by atoms with Gasteiger partial charge in [0, 0.05) is 17.7 Å². The van der Waals surface area contributed by atoms with Crippen molar-refractivity contribution >= 4 is 35.1 Å². The van der Waals surface area contributed by atoms with Crippen LogP contribution in [0.1, 0.15) is 41.4 Å². The molecular formula is C19H20ClN3O3. The molecule has 0 saturated heterocycles. The molecule has 3 rings (SSSR count). The van der Waals surface area contributed by atoms with Gasteiger partial charge in [0.1, 0.15) is 10.9 Å². The topological polar surface area (TPSA) is 73.2 Å². The normalized spacial score (nSPS) is 13.4. The Balaban J connectivity index is 1.79. The molecule has 1 aromatic carbocycles. The Morgan fingerprint density at radius 2 is 2.27 bits per heavy atom.